The van der Waals surface area contributed by atoms with Crippen molar-refractivity contribution in [1.29, 1.82) is 0 Å². The second-order valence-electron chi connectivity index (χ2n) is 4.42. The average Bonchev–Trinajstić information content (AvgIpc) is 2.75. The van der Waals surface area contributed by atoms with Crippen molar-refractivity contribution in [2.24, 2.45) is 0 Å². The lowest BCUT2D eigenvalue weighted by Gasteiger charge is -2.14. The predicted octanol–water partition coefficient (Wildman–Crippen LogP) is 0.994. The van der Waals surface area contributed by atoms with Crippen molar-refractivity contribution in [3.8, 4) is 0 Å². The molecule has 92 valence electrons. The molecule has 1 saturated heterocycles. The zero-order valence-electron chi connectivity index (χ0n) is 9.93. The summed E-state index contributed by atoms with van der Waals surface area (Å²) in [5.41, 5.74) is 0. The molecule has 1 aromatic heterocycles. The number of likely N-dealkylation sites (N-methyl/N-ethyl adjacent to an activating group) is 1. The van der Waals surface area contributed by atoms with E-state index in [4.69, 9.17) is 12.2 Å². The van der Waals surface area contributed by atoms with Crippen LogP contribution < -0.4 is 0 Å². The highest BCUT2D eigenvalue weighted by atomic mass is 32.1. The Labute approximate surface area is 104 Å². The van der Waals surface area contributed by atoms with Crippen LogP contribution in [0, 0.1) is 4.77 Å². The van der Waals surface area contributed by atoms with E-state index in [2.05, 4.69) is 10.2 Å². The first kappa shape index (κ1) is 12.0. The van der Waals surface area contributed by atoms with E-state index in [1.165, 1.54) is 7.05 Å². The Kier molecular flexibility index (Phi) is 2.86. The molecule has 2 heterocycles. The molecule has 0 spiro atoms. The Balaban J connectivity index is 2.48. The van der Waals surface area contributed by atoms with Crippen LogP contribution in [0.4, 0.5) is 0 Å². The second-order valence-corrected chi connectivity index (χ2v) is 4.81. The van der Waals surface area contributed by atoms with Crippen LogP contribution in [0.1, 0.15) is 38.1 Å². The zero-order chi connectivity index (χ0) is 12.7. The molecule has 1 aliphatic heterocycles. The first-order valence-corrected chi connectivity index (χ1v) is 5.81. The number of carbonyl (C=O) groups is 2. The van der Waals surface area contributed by atoms with Gasteiger partial charge in [0, 0.05) is 13.0 Å². The molecule has 6 nitrogen and oxygen atoms in total. The number of carbonyl (C=O) groups excluding carboxylic acids is 2. The molecule has 2 amide bonds. The summed E-state index contributed by atoms with van der Waals surface area (Å²) in [6, 6.07) is -0.545. The van der Waals surface area contributed by atoms with E-state index in [0.717, 1.165) is 4.90 Å². The smallest absolute Gasteiger partial charge is 0.252 e. The first-order valence-electron chi connectivity index (χ1n) is 5.40. The summed E-state index contributed by atoms with van der Waals surface area (Å²) in [6.45, 7) is 3.93. The van der Waals surface area contributed by atoms with E-state index in [1.807, 2.05) is 13.8 Å². The number of H-pyrrole nitrogens is 1. The van der Waals surface area contributed by atoms with Crippen LogP contribution in [0.5, 0.6) is 0 Å². The lowest BCUT2D eigenvalue weighted by atomic mass is 10.1. The van der Waals surface area contributed by atoms with Crippen LogP contribution in [0.25, 0.3) is 0 Å². The van der Waals surface area contributed by atoms with E-state index in [9.17, 15) is 9.59 Å². The lowest BCUT2D eigenvalue weighted by molar-refractivity contribution is -0.137. The highest BCUT2D eigenvalue weighted by Crippen LogP contribution is 2.26. The van der Waals surface area contributed by atoms with Gasteiger partial charge in [-0.25, -0.2) is 0 Å². The molecule has 0 radical (unpaired) electrons. The second kappa shape index (κ2) is 4.06. The Morgan fingerprint density at radius 1 is 1.47 bits per heavy atom. The van der Waals surface area contributed by atoms with E-state index < -0.39 is 6.04 Å². The minimum atomic E-state index is -0.545. The van der Waals surface area contributed by atoms with E-state index in [-0.39, 0.29) is 24.2 Å². The van der Waals surface area contributed by atoms with Gasteiger partial charge in [0.2, 0.25) is 5.91 Å². The van der Waals surface area contributed by atoms with Crippen molar-refractivity contribution in [3.63, 3.8) is 0 Å². The van der Waals surface area contributed by atoms with Gasteiger partial charge in [0.05, 0.1) is 6.42 Å². The number of amides is 2. The number of nitrogens with one attached hydrogen (secondary N) is 1. The molecule has 1 aliphatic rings. The third kappa shape index (κ3) is 1.80. The molecule has 1 unspecified atom stereocenters. The molecular weight excluding hydrogens is 240 g/mol. The maximum absolute atomic E-state index is 11.9. The molecule has 17 heavy (non-hydrogen) atoms. The molecule has 2 rings (SSSR count). The molecule has 0 bridgehead atoms. The minimum absolute atomic E-state index is 0.136. The molecule has 0 aromatic carbocycles. The third-order valence-corrected chi connectivity index (χ3v) is 3.21. The van der Waals surface area contributed by atoms with Crippen molar-refractivity contribution >= 4 is 24.0 Å². The fourth-order valence-electron chi connectivity index (χ4n) is 1.96. The lowest BCUT2D eigenvalue weighted by Crippen LogP contribution is -2.27. The van der Waals surface area contributed by atoms with Gasteiger partial charge in [-0.1, -0.05) is 13.8 Å². The largest absolute Gasteiger partial charge is 0.291 e. The highest BCUT2D eigenvalue weighted by Gasteiger charge is 2.39. The molecule has 1 atom stereocenters. The van der Waals surface area contributed by atoms with Gasteiger partial charge >= 0.3 is 0 Å². The van der Waals surface area contributed by atoms with E-state index in [0.29, 0.717) is 10.6 Å². The van der Waals surface area contributed by atoms with Crippen LogP contribution in [-0.2, 0) is 9.59 Å². The number of hydrogen-bond acceptors (Lipinski definition) is 4. The Morgan fingerprint density at radius 2 is 2.12 bits per heavy atom. The SMILES string of the molecule is CC(C)c1n[nH]c(=S)n1C1CC(=O)N(C)C1=O. The Hall–Kier alpha value is -1.50. The van der Waals surface area contributed by atoms with E-state index in [1.54, 1.807) is 4.57 Å². The number of likely N-dealkylation sites (tertiary alicyclic amines) is 1. The molecule has 0 saturated carbocycles. The van der Waals surface area contributed by atoms with Crippen LogP contribution in [0.2, 0.25) is 0 Å². The zero-order valence-corrected chi connectivity index (χ0v) is 10.7. The number of hydrogen-bond donors (Lipinski definition) is 1. The number of aromatic amines is 1. The van der Waals surface area contributed by atoms with Gasteiger partial charge in [-0.05, 0) is 12.2 Å². The quantitative estimate of drug-likeness (QED) is 0.631. The van der Waals surface area contributed by atoms with Crippen molar-refractivity contribution in [2.45, 2.75) is 32.2 Å². The summed E-state index contributed by atoms with van der Waals surface area (Å²) in [5.74, 6) is 0.431. The molecule has 1 aromatic rings. The fourth-order valence-corrected chi connectivity index (χ4v) is 2.23. The molecule has 0 aliphatic carbocycles. The van der Waals surface area contributed by atoms with Gasteiger partial charge in [-0.3, -0.25) is 24.2 Å². The van der Waals surface area contributed by atoms with Gasteiger partial charge < -0.3 is 0 Å². The predicted molar refractivity (Wildman–Crippen MR) is 62.9 cm³/mol. The maximum Gasteiger partial charge on any atom is 0.252 e. The summed E-state index contributed by atoms with van der Waals surface area (Å²) < 4.78 is 2.04. The van der Waals surface area contributed by atoms with Crippen LogP contribution >= 0.6 is 12.2 Å². The van der Waals surface area contributed by atoms with Gasteiger partial charge in [-0.2, -0.15) is 5.10 Å². The maximum atomic E-state index is 11.9. The summed E-state index contributed by atoms with van der Waals surface area (Å²) >= 11 is 5.12. The van der Waals surface area contributed by atoms with Crippen molar-refractivity contribution in [3.05, 3.63) is 10.6 Å². The summed E-state index contributed by atoms with van der Waals surface area (Å²) in [4.78, 5) is 24.6. The van der Waals surface area contributed by atoms with Gasteiger partial charge in [0.25, 0.3) is 5.91 Å². The van der Waals surface area contributed by atoms with E-state index >= 15 is 0 Å². The van der Waals surface area contributed by atoms with Gasteiger partial charge in [-0.15, -0.1) is 0 Å². The molecule has 1 fully saturated rings. The van der Waals surface area contributed by atoms with Crippen molar-refractivity contribution in [1.82, 2.24) is 19.7 Å². The Morgan fingerprint density at radius 3 is 2.59 bits per heavy atom. The van der Waals surface area contributed by atoms with Crippen LogP contribution in [0.3, 0.4) is 0 Å². The molecule has 1 N–H and O–H groups in total. The van der Waals surface area contributed by atoms with Gasteiger partial charge in [0.15, 0.2) is 4.77 Å². The minimum Gasteiger partial charge on any atom is -0.291 e. The summed E-state index contributed by atoms with van der Waals surface area (Å²) in [6.07, 6.45) is 0.156. The number of aromatic nitrogens is 3. The Bertz CT molecular complexity index is 531. The monoisotopic (exact) mass is 254 g/mol. The third-order valence-electron chi connectivity index (χ3n) is 2.92. The molecular formula is C10H14N4O2S. The van der Waals surface area contributed by atoms with Crippen LogP contribution in [0.15, 0.2) is 0 Å². The number of imide groups is 1. The van der Waals surface area contributed by atoms with Crippen molar-refractivity contribution in [2.75, 3.05) is 7.05 Å². The summed E-state index contributed by atoms with van der Waals surface area (Å²) in [7, 11) is 1.49. The summed E-state index contributed by atoms with van der Waals surface area (Å²) in [5, 5.41) is 6.79. The molecule has 7 heteroatoms. The number of nitrogens with zero attached hydrogens (tertiary/aromatic N) is 3. The first-order chi connectivity index (χ1) is 7.93. The van der Waals surface area contributed by atoms with Gasteiger partial charge in [0.1, 0.15) is 11.9 Å². The average molecular weight is 254 g/mol. The normalized spacial score (nSPS) is 20.7. The highest BCUT2D eigenvalue weighted by molar-refractivity contribution is 7.71. The number of rotatable bonds is 2. The topological polar surface area (TPSA) is 71.0 Å². The van der Waals surface area contributed by atoms with Crippen molar-refractivity contribution < 1.29 is 9.59 Å². The standard InChI is InChI=1S/C10H14N4O2S/c1-5(2)8-11-12-10(17)14(8)6-4-7(15)13(3)9(6)16/h5-6H,4H2,1-3H3,(H,12,17). The fraction of sp³-hybridized carbons (Fsp3) is 0.600. The van der Waals surface area contributed by atoms with Crippen LogP contribution in [-0.4, -0.2) is 38.5 Å².